The summed E-state index contributed by atoms with van der Waals surface area (Å²) in [7, 11) is 2.00. The zero-order valence-electron chi connectivity index (χ0n) is 13.6. The predicted molar refractivity (Wildman–Crippen MR) is 88.4 cm³/mol. The van der Waals surface area contributed by atoms with E-state index in [4.69, 9.17) is 5.11 Å². The number of carboxylic acid groups (broad SMARTS) is 1. The van der Waals surface area contributed by atoms with E-state index in [0.717, 1.165) is 31.5 Å². The monoisotopic (exact) mass is 306 g/mol. The number of aliphatic carboxylic acids is 1. The average Bonchev–Trinajstić information content (AvgIpc) is 2.51. The maximum atomic E-state index is 12.1. The number of hydrogen-bond acceptors (Lipinski definition) is 3. The Balaban J connectivity index is 2.70. The van der Waals surface area contributed by atoms with E-state index >= 15 is 0 Å². The molecule has 1 amide bonds. The Labute approximate surface area is 132 Å². The summed E-state index contributed by atoms with van der Waals surface area (Å²) in [5.41, 5.74) is 1.52. The van der Waals surface area contributed by atoms with E-state index in [0.29, 0.717) is 12.0 Å². The fourth-order valence-electron chi connectivity index (χ4n) is 2.24. The van der Waals surface area contributed by atoms with E-state index in [9.17, 15) is 9.59 Å². The van der Waals surface area contributed by atoms with Crippen molar-refractivity contribution in [3.8, 4) is 0 Å². The summed E-state index contributed by atoms with van der Waals surface area (Å²) < 4.78 is 0. The summed E-state index contributed by atoms with van der Waals surface area (Å²) >= 11 is 0. The molecule has 0 fully saturated rings. The first-order valence-electron chi connectivity index (χ1n) is 7.84. The first-order chi connectivity index (χ1) is 10.5. The summed E-state index contributed by atoms with van der Waals surface area (Å²) in [5, 5.41) is 11.7. The third-order valence-electron chi connectivity index (χ3n) is 3.58. The fourth-order valence-corrected chi connectivity index (χ4v) is 2.24. The van der Waals surface area contributed by atoms with Crippen molar-refractivity contribution in [2.24, 2.45) is 0 Å². The van der Waals surface area contributed by atoms with E-state index in [1.165, 1.54) is 0 Å². The van der Waals surface area contributed by atoms with E-state index in [1.807, 2.05) is 26.1 Å². The molecule has 0 aliphatic carbocycles. The molecule has 0 aliphatic heterocycles. The quantitative estimate of drug-likeness (QED) is 0.736. The van der Waals surface area contributed by atoms with Crippen molar-refractivity contribution >= 4 is 17.6 Å². The van der Waals surface area contributed by atoms with Crippen LogP contribution < -0.4 is 10.2 Å². The Hall–Kier alpha value is -2.04. The molecule has 0 heterocycles. The van der Waals surface area contributed by atoms with E-state index in [1.54, 1.807) is 12.1 Å². The number of anilines is 1. The zero-order chi connectivity index (χ0) is 16.5. The molecule has 1 aromatic rings. The van der Waals surface area contributed by atoms with E-state index in [-0.39, 0.29) is 5.91 Å². The van der Waals surface area contributed by atoms with Gasteiger partial charge in [0.15, 0.2) is 0 Å². The lowest BCUT2D eigenvalue weighted by molar-refractivity contribution is -0.139. The van der Waals surface area contributed by atoms with Crippen LogP contribution in [0.5, 0.6) is 0 Å². The number of amides is 1. The molecule has 22 heavy (non-hydrogen) atoms. The second-order valence-corrected chi connectivity index (χ2v) is 5.47. The highest BCUT2D eigenvalue weighted by atomic mass is 16.4. The van der Waals surface area contributed by atoms with Gasteiger partial charge in [-0.25, -0.2) is 4.79 Å². The molecule has 0 aromatic heterocycles. The number of hydrogen-bond donors (Lipinski definition) is 2. The van der Waals surface area contributed by atoms with Crippen molar-refractivity contribution in [3.05, 3.63) is 29.8 Å². The topological polar surface area (TPSA) is 69.6 Å². The normalized spacial score (nSPS) is 11.8. The smallest absolute Gasteiger partial charge is 0.326 e. The molecule has 2 N–H and O–H groups in total. The van der Waals surface area contributed by atoms with Crippen LogP contribution >= 0.6 is 0 Å². The summed E-state index contributed by atoms with van der Waals surface area (Å²) in [6.45, 7) is 5.05. The minimum Gasteiger partial charge on any atom is -0.480 e. The minimum absolute atomic E-state index is 0.340. The van der Waals surface area contributed by atoms with Crippen LogP contribution in [0.3, 0.4) is 0 Å². The SMILES string of the molecule is CCCC[C@H](NC(=O)c1ccc(N(C)CCC)cc1)C(=O)O. The van der Waals surface area contributed by atoms with E-state index in [2.05, 4.69) is 17.1 Å². The third-order valence-corrected chi connectivity index (χ3v) is 3.58. The van der Waals surface area contributed by atoms with Gasteiger partial charge in [-0.05, 0) is 37.1 Å². The number of nitrogens with one attached hydrogen (secondary N) is 1. The molecule has 0 aliphatic rings. The van der Waals surface area contributed by atoms with Gasteiger partial charge in [-0.2, -0.15) is 0 Å². The van der Waals surface area contributed by atoms with Gasteiger partial charge in [0.2, 0.25) is 0 Å². The van der Waals surface area contributed by atoms with Crippen LogP contribution in [0.2, 0.25) is 0 Å². The molecule has 0 radical (unpaired) electrons. The molecule has 5 heteroatoms. The Morgan fingerprint density at radius 1 is 1.18 bits per heavy atom. The standard InChI is InChI=1S/C17H26N2O3/c1-4-6-7-15(17(21)22)18-16(20)13-8-10-14(11-9-13)19(3)12-5-2/h8-11,15H,4-7,12H2,1-3H3,(H,18,20)(H,21,22)/t15-/m0/s1. The molecule has 0 unspecified atom stereocenters. The summed E-state index contributed by atoms with van der Waals surface area (Å²) in [6, 6.07) is 6.40. The van der Waals surface area contributed by atoms with Gasteiger partial charge < -0.3 is 15.3 Å². The van der Waals surface area contributed by atoms with Crippen LogP contribution in [0.1, 0.15) is 49.9 Å². The van der Waals surface area contributed by atoms with Gasteiger partial charge in [-0.1, -0.05) is 26.7 Å². The number of benzene rings is 1. The van der Waals surface area contributed by atoms with Gasteiger partial charge in [-0.3, -0.25) is 4.79 Å². The molecule has 1 rings (SSSR count). The largest absolute Gasteiger partial charge is 0.480 e. The number of nitrogens with zero attached hydrogens (tertiary/aromatic N) is 1. The van der Waals surface area contributed by atoms with Gasteiger partial charge in [0.05, 0.1) is 0 Å². The van der Waals surface area contributed by atoms with Crippen molar-refractivity contribution in [3.63, 3.8) is 0 Å². The van der Waals surface area contributed by atoms with Crippen molar-refractivity contribution in [1.82, 2.24) is 5.32 Å². The van der Waals surface area contributed by atoms with Gasteiger partial charge in [0.25, 0.3) is 5.91 Å². The summed E-state index contributed by atoms with van der Waals surface area (Å²) in [4.78, 5) is 25.4. The van der Waals surface area contributed by atoms with Crippen LogP contribution in [0.4, 0.5) is 5.69 Å². The highest BCUT2D eigenvalue weighted by Gasteiger charge is 2.19. The molecule has 5 nitrogen and oxygen atoms in total. The first-order valence-corrected chi connectivity index (χ1v) is 7.84. The lowest BCUT2D eigenvalue weighted by Gasteiger charge is -2.19. The van der Waals surface area contributed by atoms with Crippen LogP contribution in [0, 0.1) is 0 Å². The Bertz CT molecular complexity index is 485. The van der Waals surface area contributed by atoms with Crippen LogP contribution in [0.25, 0.3) is 0 Å². The van der Waals surface area contributed by atoms with Crippen LogP contribution in [-0.4, -0.2) is 36.6 Å². The fraction of sp³-hybridized carbons (Fsp3) is 0.529. The predicted octanol–water partition coefficient (Wildman–Crippen LogP) is 2.91. The highest BCUT2D eigenvalue weighted by Crippen LogP contribution is 2.14. The summed E-state index contributed by atoms with van der Waals surface area (Å²) in [6.07, 6.45) is 3.18. The van der Waals surface area contributed by atoms with Gasteiger partial charge >= 0.3 is 5.97 Å². The van der Waals surface area contributed by atoms with E-state index < -0.39 is 12.0 Å². The molecule has 1 atom stereocenters. The highest BCUT2D eigenvalue weighted by molar-refractivity contribution is 5.96. The first kappa shape index (κ1) is 18.0. The van der Waals surface area contributed by atoms with Gasteiger partial charge in [0, 0.05) is 24.8 Å². The summed E-state index contributed by atoms with van der Waals surface area (Å²) in [5.74, 6) is -1.32. The van der Waals surface area contributed by atoms with Gasteiger partial charge in [0.1, 0.15) is 6.04 Å². The van der Waals surface area contributed by atoms with Crippen molar-refractivity contribution in [1.29, 1.82) is 0 Å². The third kappa shape index (κ3) is 5.39. The average molecular weight is 306 g/mol. The Morgan fingerprint density at radius 2 is 1.82 bits per heavy atom. The molecular formula is C17H26N2O3. The van der Waals surface area contributed by atoms with Crippen LogP contribution in [-0.2, 0) is 4.79 Å². The molecule has 1 aromatic carbocycles. The molecule has 0 saturated carbocycles. The maximum absolute atomic E-state index is 12.1. The molecular weight excluding hydrogens is 280 g/mol. The second-order valence-electron chi connectivity index (χ2n) is 5.47. The number of carbonyl (C=O) groups excluding carboxylic acids is 1. The molecule has 122 valence electrons. The number of carboxylic acids is 1. The van der Waals surface area contributed by atoms with Crippen molar-refractivity contribution in [2.45, 2.75) is 45.6 Å². The van der Waals surface area contributed by atoms with Crippen LogP contribution in [0.15, 0.2) is 24.3 Å². The maximum Gasteiger partial charge on any atom is 0.326 e. The van der Waals surface area contributed by atoms with Gasteiger partial charge in [-0.15, -0.1) is 0 Å². The minimum atomic E-state index is -0.985. The number of carbonyl (C=O) groups is 2. The second kappa shape index (κ2) is 9.07. The lowest BCUT2D eigenvalue weighted by Crippen LogP contribution is -2.40. The lowest BCUT2D eigenvalue weighted by atomic mass is 10.1. The van der Waals surface area contributed by atoms with Crippen molar-refractivity contribution < 1.29 is 14.7 Å². The molecule has 0 spiro atoms. The number of unbranched alkanes of at least 4 members (excludes halogenated alkanes) is 1. The zero-order valence-corrected chi connectivity index (χ0v) is 13.6. The Kier molecular flexibility index (Phi) is 7.43. The Morgan fingerprint density at radius 3 is 2.32 bits per heavy atom. The molecule has 0 bridgehead atoms. The molecule has 0 saturated heterocycles. The van der Waals surface area contributed by atoms with Crippen molar-refractivity contribution in [2.75, 3.05) is 18.5 Å². The number of rotatable bonds is 9.